The lowest BCUT2D eigenvalue weighted by Gasteiger charge is -2.34. The maximum atomic E-state index is 12.6. The van der Waals surface area contributed by atoms with Crippen molar-refractivity contribution in [3.8, 4) is 0 Å². The van der Waals surface area contributed by atoms with Gasteiger partial charge >= 0.3 is 0 Å². The van der Waals surface area contributed by atoms with Crippen molar-refractivity contribution in [2.75, 3.05) is 26.8 Å². The zero-order valence-electron chi connectivity index (χ0n) is 10.9. The molecule has 0 saturated carbocycles. The van der Waals surface area contributed by atoms with Crippen LogP contribution in [0.1, 0.15) is 10.4 Å². The van der Waals surface area contributed by atoms with Crippen LogP contribution in [0.3, 0.4) is 0 Å². The van der Waals surface area contributed by atoms with Gasteiger partial charge in [-0.15, -0.1) is 0 Å². The molecule has 0 radical (unpaired) electrons. The number of hydrogen-bond donors (Lipinski definition) is 1. The first-order valence-electron chi connectivity index (χ1n) is 6.09. The Kier molecular flexibility index (Phi) is 5.17. The molecule has 1 aromatic rings. The summed E-state index contributed by atoms with van der Waals surface area (Å²) in [4.78, 5) is 26.0. The van der Waals surface area contributed by atoms with Crippen LogP contribution in [-0.2, 0) is 9.53 Å². The van der Waals surface area contributed by atoms with Crippen molar-refractivity contribution < 1.29 is 14.3 Å². The van der Waals surface area contributed by atoms with Crippen molar-refractivity contribution in [2.24, 2.45) is 0 Å². The Morgan fingerprint density at radius 3 is 2.55 bits per heavy atom. The smallest absolute Gasteiger partial charge is 0.254 e. The third-order valence-electron chi connectivity index (χ3n) is 3.05. The van der Waals surface area contributed by atoms with Gasteiger partial charge in [-0.1, -0.05) is 31.9 Å². The van der Waals surface area contributed by atoms with Crippen molar-refractivity contribution >= 4 is 43.7 Å². The summed E-state index contributed by atoms with van der Waals surface area (Å²) in [6.45, 7) is 1.07. The molecular weight excluding hydrogens is 392 g/mol. The van der Waals surface area contributed by atoms with E-state index >= 15 is 0 Å². The third kappa shape index (κ3) is 3.39. The molecule has 1 aliphatic heterocycles. The summed E-state index contributed by atoms with van der Waals surface area (Å²) >= 11 is 6.72. The number of nitrogens with zero attached hydrogens (tertiary/aromatic N) is 1. The maximum absolute atomic E-state index is 12.6. The molecule has 7 heteroatoms. The first-order valence-corrected chi connectivity index (χ1v) is 7.68. The van der Waals surface area contributed by atoms with E-state index in [0.29, 0.717) is 18.7 Å². The normalized spacial score (nSPS) is 18.8. The van der Waals surface area contributed by atoms with Gasteiger partial charge in [0.05, 0.1) is 13.2 Å². The Morgan fingerprint density at radius 2 is 1.95 bits per heavy atom. The van der Waals surface area contributed by atoms with Crippen LogP contribution in [0, 0.1) is 0 Å². The Morgan fingerprint density at radius 1 is 1.30 bits per heavy atom. The molecular formula is C13H14Br2N2O3. The molecule has 1 saturated heterocycles. The number of ether oxygens (including phenoxy) is 1. The molecule has 1 atom stereocenters. The molecule has 1 heterocycles. The number of amides is 2. The summed E-state index contributed by atoms with van der Waals surface area (Å²) in [5, 5.41) is 2.56. The van der Waals surface area contributed by atoms with Gasteiger partial charge in [0.1, 0.15) is 6.04 Å². The quantitative estimate of drug-likeness (QED) is 0.816. The van der Waals surface area contributed by atoms with Crippen molar-refractivity contribution in [2.45, 2.75) is 6.04 Å². The second kappa shape index (κ2) is 6.69. The highest BCUT2D eigenvalue weighted by atomic mass is 79.9. The number of halogens is 2. The predicted molar refractivity (Wildman–Crippen MR) is 81.6 cm³/mol. The number of benzene rings is 1. The molecule has 2 amide bonds. The number of rotatable bonds is 2. The summed E-state index contributed by atoms with van der Waals surface area (Å²) in [5.41, 5.74) is 0.530. The van der Waals surface area contributed by atoms with Crippen LogP contribution in [0.2, 0.25) is 0 Å². The third-order valence-corrected chi connectivity index (χ3v) is 3.96. The number of hydrogen-bond acceptors (Lipinski definition) is 3. The zero-order chi connectivity index (χ0) is 14.7. The van der Waals surface area contributed by atoms with E-state index in [2.05, 4.69) is 37.2 Å². The molecule has 1 unspecified atom stereocenters. The molecule has 0 spiro atoms. The van der Waals surface area contributed by atoms with Crippen LogP contribution in [0.15, 0.2) is 27.1 Å². The summed E-state index contributed by atoms with van der Waals surface area (Å²) in [6, 6.07) is 4.75. The van der Waals surface area contributed by atoms with Crippen LogP contribution in [0.5, 0.6) is 0 Å². The first kappa shape index (κ1) is 15.5. The topological polar surface area (TPSA) is 58.6 Å². The number of carbonyl (C=O) groups is 2. The fourth-order valence-corrected chi connectivity index (χ4v) is 3.37. The molecule has 0 aliphatic carbocycles. The number of carbonyl (C=O) groups excluding carboxylic acids is 2. The van der Waals surface area contributed by atoms with Gasteiger partial charge in [-0.05, 0) is 18.2 Å². The molecule has 1 fully saturated rings. The maximum Gasteiger partial charge on any atom is 0.254 e. The van der Waals surface area contributed by atoms with E-state index in [1.54, 1.807) is 24.1 Å². The van der Waals surface area contributed by atoms with E-state index in [-0.39, 0.29) is 18.4 Å². The van der Waals surface area contributed by atoms with E-state index in [4.69, 9.17) is 4.74 Å². The Balaban J connectivity index is 2.27. The molecule has 1 N–H and O–H groups in total. The summed E-state index contributed by atoms with van der Waals surface area (Å²) in [7, 11) is 1.55. The van der Waals surface area contributed by atoms with Gasteiger partial charge in [-0.2, -0.15) is 0 Å². The largest absolute Gasteiger partial charge is 0.377 e. The Bertz CT molecular complexity index is 516. The van der Waals surface area contributed by atoms with Gasteiger partial charge in [0.25, 0.3) is 5.91 Å². The molecule has 20 heavy (non-hydrogen) atoms. The number of likely N-dealkylation sites (N-methyl/N-ethyl adjacent to an activating group) is 1. The highest BCUT2D eigenvalue weighted by Crippen LogP contribution is 2.22. The van der Waals surface area contributed by atoms with Crippen molar-refractivity contribution in [1.29, 1.82) is 0 Å². The van der Waals surface area contributed by atoms with Crippen LogP contribution in [0.25, 0.3) is 0 Å². The van der Waals surface area contributed by atoms with E-state index in [0.717, 1.165) is 8.95 Å². The molecule has 1 aromatic carbocycles. The zero-order valence-corrected chi connectivity index (χ0v) is 14.0. The lowest BCUT2D eigenvalue weighted by atomic mass is 10.1. The predicted octanol–water partition coefficient (Wildman–Crippen LogP) is 1.80. The second-order valence-electron chi connectivity index (χ2n) is 4.36. The van der Waals surface area contributed by atoms with E-state index < -0.39 is 6.04 Å². The minimum Gasteiger partial charge on any atom is -0.377 e. The van der Waals surface area contributed by atoms with Gasteiger partial charge in [0, 0.05) is 28.1 Å². The van der Waals surface area contributed by atoms with E-state index in [9.17, 15) is 9.59 Å². The van der Waals surface area contributed by atoms with Gasteiger partial charge in [-0.25, -0.2) is 0 Å². The molecule has 1 aliphatic rings. The molecule has 0 bridgehead atoms. The molecule has 108 valence electrons. The molecule has 5 nitrogen and oxygen atoms in total. The van der Waals surface area contributed by atoms with Gasteiger partial charge in [0.2, 0.25) is 5.91 Å². The molecule has 2 rings (SSSR count). The van der Waals surface area contributed by atoms with Crippen LogP contribution in [0.4, 0.5) is 0 Å². The first-order chi connectivity index (χ1) is 9.52. The lowest BCUT2D eigenvalue weighted by Crippen LogP contribution is -2.55. The minimum atomic E-state index is -0.584. The van der Waals surface area contributed by atoms with Gasteiger partial charge in [-0.3, -0.25) is 9.59 Å². The minimum absolute atomic E-state index is 0.177. The second-order valence-corrected chi connectivity index (χ2v) is 6.19. The van der Waals surface area contributed by atoms with Crippen molar-refractivity contribution in [3.05, 3.63) is 32.7 Å². The Labute approximate surface area is 133 Å². The lowest BCUT2D eigenvalue weighted by molar-refractivity contribution is -0.130. The Hall–Kier alpha value is -0.920. The number of nitrogens with one attached hydrogen (secondary N) is 1. The van der Waals surface area contributed by atoms with Crippen LogP contribution in [-0.4, -0.2) is 49.6 Å². The standard InChI is InChI=1S/C13H14Br2N2O3/c1-16-12(18)11-7-20-3-2-17(11)13(19)8-4-9(14)6-10(15)5-8/h4-6,11H,2-3,7H2,1H3,(H,16,18). The average molecular weight is 406 g/mol. The van der Waals surface area contributed by atoms with Crippen molar-refractivity contribution in [1.82, 2.24) is 10.2 Å². The van der Waals surface area contributed by atoms with Crippen molar-refractivity contribution in [3.63, 3.8) is 0 Å². The fraction of sp³-hybridized carbons (Fsp3) is 0.385. The monoisotopic (exact) mass is 404 g/mol. The van der Waals surface area contributed by atoms with Gasteiger partial charge < -0.3 is 15.0 Å². The van der Waals surface area contributed by atoms with E-state index in [1.807, 2.05) is 6.07 Å². The van der Waals surface area contributed by atoms with Crippen LogP contribution < -0.4 is 5.32 Å². The highest BCUT2D eigenvalue weighted by molar-refractivity contribution is 9.11. The summed E-state index contributed by atoms with van der Waals surface area (Å²) in [5.74, 6) is -0.393. The average Bonchev–Trinajstić information content (AvgIpc) is 2.44. The fourth-order valence-electron chi connectivity index (χ4n) is 2.07. The summed E-state index contributed by atoms with van der Waals surface area (Å²) < 4.78 is 6.91. The molecule has 0 aromatic heterocycles. The number of morpholine rings is 1. The van der Waals surface area contributed by atoms with Crippen LogP contribution >= 0.6 is 31.9 Å². The highest BCUT2D eigenvalue weighted by Gasteiger charge is 2.32. The van der Waals surface area contributed by atoms with E-state index in [1.165, 1.54) is 0 Å². The summed E-state index contributed by atoms with van der Waals surface area (Å²) in [6.07, 6.45) is 0. The van der Waals surface area contributed by atoms with Gasteiger partial charge in [0.15, 0.2) is 0 Å². The SMILES string of the molecule is CNC(=O)C1COCCN1C(=O)c1cc(Br)cc(Br)c1.